The number of nitrogens with zero attached hydrogens (tertiary/aromatic N) is 5. The molecule has 0 spiro atoms. The van der Waals surface area contributed by atoms with Crippen molar-refractivity contribution < 1.29 is 71.6 Å². The number of ether oxygens (including phenoxy) is 5. The SMILES string of the molecule is C[C@@H](C(=O)N[C@H]1CCO[C@H]2CC[C@@H](C(=O)N[C@@H]3CCCc4ccccc43)N2C1=O)N(C)C(=O)OC(C)(C)C.C[C@@H](C(=O)N[C@H]1CCO[C@H]2CC[C@H](C(=O)N[C@@H]3CCCc4ccccc43)N2C1=O)N(C)C(=O)OC(C)(C)C.N[C@H]1CCO[C@H]2CCC(C(=O)N[C@@H]3CCCc4ccccc43)N2C1=O. The van der Waals surface area contributed by atoms with Crippen molar-refractivity contribution in [3.05, 3.63) is 106 Å². The largest absolute Gasteiger partial charge is 0.444 e. The summed E-state index contributed by atoms with van der Waals surface area (Å²) in [5, 5.41) is 15.1. The van der Waals surface area contributed by atoms with Crippen LogP contribution in [0.4, 0.5) is 9.59 Å². The molecule has 101 heavy (non-hydrogen) atoms. The fraction of sp³-hybridized carbons (Fsp3) is 0.627. The van der Waals surface area contributed by atoms with Crippen LogP contribution in [0.5, 0.6) is 0 Å². The van der Waals surface area contributed by atoms with Crippen LogP contribution in [0.15, 0.2) is 72.8 Å². The van der Waals surface area contributed by atoms with Crippen LogP contribution in [0.2, 0.25) is 0 Å². The van der Waals surface area contributed by atoms with Gasteiger partial charge in [-0.3, -0.25) is 48.2 Å². The van der Waals surface area contributed by atoms with Gasteiger partial charge in [0.25, 0.3) is 0 Å². The zero-order valence-corrected chi connectivity index (χ0v) is 60.3. The Hall–Kier alpha value is -8.20. The van der Waals surface area contributed by atoms with Crippen molar-refractivity contribution in [3.63, 3.8) is 0 Å². The lowest BCUT2D eigenvalue weighted by atomic mass is 9.87. The minimum Gasteiger partial charge on any atom is -0.444 e. The van der Waals surface area contributed by atoms with Crippen LogP contribution in [-0.4, -0.2) is 196 Å². The molecule has 3 aromatic carbocycles. The van der Waals surface area contributed by atoms with E-state index in [-0.39, 0.29) is 85.9 Å². The second-order valence-corrected chi connectivity index (χ2v) is 30.1. The van der Waals surface area contributed by atoms with Crippen molar-refractivity contribution in [2.24, 2.45) is 5.73 Å². The van der Waals surface area contributed by atoms with Gasteiger partial charge in [-0.2, -0.15) is 0 Å². The van der Waals surface area contributed by atoms with E-state index in [4.69, 9.17) is 29.4 Å². The van der Waals surface area contributed by atoms with E-state index in [1.807, 2.05) is 36.4 Å². The number of hydrogen-bond acceptors (Lipinski definition) is 16. The summed E-state index contributed by atoms with van der Waals surface area (Å²) in [4.78, 5) is 138. The van der Waals surface area contributed by atoms with Gasteiger partial charge in [0, 0.05) is 26.9 Å². The Labute approximate surface area is 592 Å². The summed E-state index contributed by atoms with van der Waals surface area (Å²) in [7, 11) is 2.97. The highest BCUT2D eigenvalue weighted by Gasteiger charge is 2.50. The highest BCUT2D eigenvalue weighted by molar-refractivity contribution is 5.96. The molecule has 6 heterocycles. The molecular formula is C75H105N11O15. The number of nitrogens with two attached hydrogens (primary N) is 1. The predicted molar refractivity (Wildman–Crippen MR) is 372 cm³/mol. The van der Waals surface area contributed by atoms with Crippen molar-refractivity contribution in [1.29, 1.82) is 0 Å². The fourth-order valence-electron chi connectivity index (χ4n) is 15.1. The first-order chi connectivity index (χ1) is 48.1. The van der Waals surface area contributed by atoms with Crippen molar-refractivity contribution >= 4 is 59.4 Å². The molecule has 14 atom stereocenters. The van der Waals surface area contributed by atoms with E-state index in [0.717, 1.165) is 68.9 Å². The van der Waals surface area contributed by atoms with Gasteiger partial charge in [-0.25, -0.2) is 9.59 Å². The lowest BCUT2D eigenvalue weighted by molar-refractivity contribution is -0.149. The average Bonchev–Trinajstić information content (AvgIpc) is 1.70. The first kappa shape index (κ1) is 75.5. The molecular weight excluding hydrogens is 1290 g/mol. The van der Waals surface area contributed by atoms with Gasteiger partial charge in [0.2, 0.25) is 47.3 Å². The minimum absolute atomic E-state index is 0.0215. The summed E-state index contributed by atoms with van der Waals surface area (Å²) in [5.74, 6) is -2.28. The Bertz CT molecular complexity index is 3350. The molecule has 10 amide bonds. The molecule has 26 nitrogen and oxygen atoms in total. The molecule has 0 saturated carbocycles. The third-order valence-electron chi connectivity index (χ3n) is 20.7. The van der Waals surface area contributed by atoms with Gasteiger partial charge in [-0.1, -0.05) is 72.8 Å². The molecule has 0 bridgehead atoms. The monoisotopic (exact) mass is 1400 g/mol. The number of nitrogens with one attached hydrogen (secondary N) is 5. The van der Waals surface area contributed by atoms with E-state index >= 15 is 0 Å². The second-order valence-electron chi connectivity index (χ2n) is 30.1. The van der Waals surface area contributed by atoms with Gasteiger partial charge in [0.05, 0.1) is 44.0 Å². The van der Waals surface area contributed by atoms with Crippen molar-refractivity contribution in [2.75, 3.05) is 33.9 Å². The highest BCUT2D eigenvalue weighted by atomic mass is 16.6. The van der Waals surface area contributed by atoms with E-state index in [0.29, 0.717) is 51.6 Å². The van der Waals surface area contributed by atoms with E-state index in [1.165, 1.54) is 55.9 Å². The summed E-state index contributed by atoms with van der Waals surface area (Å²) >= 11 is 0. The maximum Gasteiger partial charge on any atom is 0.410 e. The van der Waals surface area contributed by atoms with Gasteiger partial charge in [0.15, 0.2) is 0 Å². The standard InChI is InChI=1S/2C28H40N4O6.C19H25N3O3/c2*1-17(31(5)27(36)38-28(2,3)4)24(33)30-21-15-16-37-23-14-13-22(32(23)26(21)35)25(34)29-20-12-8-10-18-9-6-7-11-19(18)20;20-14-10-11-25-17-9-8-16(22(17)19(14)24)18(23)21-15-7-3-5-12-4-1-2-6-13(12)15/h2*6-7,9,11,17,20-23H,8,10,12-16H2,1-5H3,(H,29,34)(H,30,33);1-2,4,6,14-17H,3,5,7-11,20H2,(H,21,23)/t17-,20+,21-,22+,23-;17-,20+,21-,22-,23-;14-,15+,16?,17-/m000/s1. The number of benzene rings is 3. The number of amides is 10. The molecule has 7 N–H and O–H groups in total. The molecule has 1 unspecified atom stereocenters. The normalized spacial score (nSPS) is 27.4. The quantitative estimate of drug-likeness (QED) is 0.112. The van der Waals surface area contributed by atoms with Crippen LogP contribution < -0.4 is 32.3 Å². The Morgan fingerprint density at radius 1 is 0.436 bits per heavy atom. The average molecular weight is 1400 g/mol. The van der Waals surface area contributed by atoms with Crippen LogP contribution in [0, 0.1) is 0 Å². The summed E-state index contributed by atoms with van der Waals surface area (Å²) in [6, 6.07) is 18.6. The number of carbonyl (C=O) groups excluding carboxylic acids is 10. The third kappa shape index (κ3) is 18.2. The molecule has 550 valence electrons. The van der Waals surface area contributed by atoms with Crippen LogP contribution in [-0.2, 0) is 81.3 Å². The van der Waals surface area contributed by atoms with Crippen LogP contribution in [0.25, 0.3) is 0 Å². The van der Waals surface area contributed by atoms with E-state index < -0.39 is 96.0 Å². The molecule has 12 rings (SSSR count). The molecule has 6 saturated heterocycles. The van der Waals surface area contributed by atoms with Gasteiger partial charge in [-0.05, 0) is 192 Å². The molecule has 6 aliphatic heterocycles. The number of likely N-dealkylation sites (N-methyl/N-ethyl adjacent to an activating group) is 2. The number of hydrogen-bond donors (Lipinski definition) is 6. The summed E-state index contributed by atoms with van der Waals surface area (Å²) < 4.78 is 28.3. The zero-order valence-electron chi connectivity index (χ0n) is 60.3. The van der Waals surface area contributed by atoms with Gasteiger partial charge in [0.1, 0.15) is 72.2 Å². The third-order valence-corrected chi connectivity index (χ3v) is 20.7. The Balaban J connectivity index is 0.000000167. The van der Waals surface area contributed by atoms with Crippen molar-refractivity contribution in [3.8, 4) is 0 Å². The topological polar surface area (TPSA) is 319 Å². The van der Waals surface area contributed by atoms with E-state index in [9.17, 15) is 47.9 Å². The first-order valence-electron chi connectivity index (χ1n) is 36.3. The smallest absolute Gasteiger partial charge is 0.410 e. The molecule has 0 aromatic heterocycles. The number of aryl methyl sites for hydroxylation is 3. The van der Waals surface area contributed by atoms with E-state index in [1.54, 1.807) is 60.3 Å². The Kier molecular flexibility index (Phi) is 24.5. The highest BCUT2D eigenvalue weighted by Crippen LogP contribution is 2.37. The maximum atomic E-state index is 13.6. The maximum absolute atomic E-state index is 13.6. The molecule has 3 aromatic rings. The lowest BCUT2D eigenvalue weighted by Gasteiger charge is -2.33. The van der Waals surface area contributed by atoms with Gasteiger partial charge < -0.3 is 70.7 Å². The summed E-state index contributed by atoms with van der Waals surface area (Å²) in [5.41, 5.74) is 11.8. The zero-order chi connectivity index (χ0) is 72.6. The first-order valence-corrected chi connectivity index (χ1v) is 36.3. The molecule has 26 heteroatoms. The van der Waals surface area contributed by atoms with E-state index in [2.05, 4.69) is 63.0 Å². The van der Waals surface area contributed by atoms with Gasteiger partial charge in [-0.15, -0.1) is 0 Å². The Morgan fingerprint density at radius 2 is 0.743 bits per heavy atom. The van der Waals surface area contributed by atoms with Gasteiger partial charge >= 0.3 is 12.2 Å². The fourth-order valence-corrected chi connectivity index (χ4v) is 15.1. The molecule has 0 radical (unpaired) electrons. The number of fused-ring (bicyclic) bond motifs is 6. The van der Waals surface area contributed by atoms with Crippen molar-refractivity contribution in [2.45, 2.75) is 267 Å². The summed E-state index contributed by atoms with van der Waals surface area (Å²) in [6.45, 7) is 14.7. The van der Waals surface area contributed by atoms with Crippen LogP contribution in [0.1, 0.15) is 203 Å². The molecule has 9 aliphatic rings. The predicted octanol–water partition coefficient (Wildman–Crippen LogP) is 6.56. The summed E-state index contributed by atoms with van der Waals surface area (Å²) in [6.07, 6.45) is 10.7. The number of carbonyl (C=O) groups is 10. The lowest BCUT2D eigenvalue weighted by Crippen LogP contribution is -2.57. The molecule has 6 fully saturated rings. The second kappa shape index (κ2) is 32.8. The van der Waals surface area contributed by atoms with Crippen LogP contribution in [0.3, 0.4) is 0 Å². The number of rotatable bonds is 12. The van der Waals surface area contributed by atoms with Crippen LogP contribution >= 0.6 is 0 Å². The minimum atomic E-state index is -0.860. The van der Waals surface area contributed by atoms with Crippen molar-refractivity contribution in [1.82, 2.24) is 51.1 Å². The Morgan fingerprint density at radius 3 is 1.07 bits per heavy atom. The molecule has 3 aliphatic carbocycles.